The van der Waals surface area contributed by atoms with E-state index in [1.165, 1.54) is 193 Å². The van der Waals surface area contributed by atoms with Crippen molar-refractivity contribution in [1.29, 1.82) is 0 Å². The Kier molecular flexibility index (Phi) is 35.0. The summed E-state index contributed by atoms with van der Waals surface area (Å²) in [5.41, 5.74) is 31.1. The zero-order valence-electron chi connectivity index (χ0n) is 77.2. The van der Waals surface area contributed by atoms with Crippen LogP contribution in [0.3, 0.4) is 0 Å². The average molecular weight is 1880 g/mol. The number of nitrogens with zero attached hydrogens (tertiary/aromatic N) is 7. The third kappa shape index (κ3) is 22.1. The van der Waals surface area contributed by atoms with Crippen LogP contribution in [0.1, 0.15) is 52.0 Å². The van der Waals surface area contributed by atoms with Crippen molar-refractivity contribution in [3.05, 3.63) is 552 Å². The molecule has 0 aliphatic carbocycles. The monoisotopic (exact) mass is 1870 g/mol. The van der Waals surface area contributed by atoms with Gasteiger partial charge in [0.2, 0.25) is 0 Å². The SMILES string of the molecule is C.C.C.C.C.C.C.CN(c1ccccc1)c1ccccc1.Cn1c2ccc(-c3ccccc3)cc2c2cc(-c3ccccc3)ccc21.Cn1c2ccccc2c2cc(-c3ccccc3)ccc21.Cn1c2ccccc2c2ccccc21.c1ccc(-c2ccc3c(c2)c2ccccc2n3-c2ccccc2)cc1.c1ccc(-n2c3ccccc3c3ccccc32)cc1.c1ccc(N(c2ccccc2)c2ccccc2)cc1. The molecule has 0 aliphatic rings. The maximum Gasteiger partial charge on any atom is 0.0541 e. The van der Waals surface area contributed by atoms with Gasteiger partial charge >= 0.3 is 0 Å². The molecule has 7 nitrogen and oxygen atoms in total. The Morgan fingerprint density at radius 1 is 0.139 bits per heavy atom. The normalized spacial score (nSPS) is 10.4. The number of hydrogen-bond acceptors (Lipinski definition) is 2. The molecule has 0 aliphatic heterocycles. The molecule has 144 heavy (non-hydrogen) atoms. The van der Waals surface area contributed by atoms with Crippen molar-refractivity contribution in [1.82, 2.24) is 22.8 Å². The lowest BCUT2D eigenvalue weighted by Gasteiger charge is -2.25. The Hall–Kier alpha value is -17.8. The van der Waals surface area contributed by atoms with E-state index in [4.69, 9.17) is 0 Å². The van der Waals surface area contributed by atoms with Crippen LogP contribution < -0.4 is 9.80 Å². The first-order valence-corrected chi connectivity index (χ1v) is 46.8. The van der Waals surface area contributed by atoms with Gasteiger partial charge < -0.3 is 32.6 Å². The molecule has 0 spiro atoms. The standard InChI is InChI=1S/C25H19N.C24H17N.C19H15N.C18H13N.C18H15N.C13H11N.C13H13N.7CH4/c1-26-24-14-12-20(18-8-4-2-5-9-18)16-22(24)23-17-21(13-15-25(23)26)19-10-6-3-7-11-19;1-3-9-18(10-4-1)19-15-16-24-22(17-19)21-13-7-8-14-23(21)25(24)20-11-5-2-6-12-20;1-20-18-10-6-5-9-16(18)17-13-15(11-12-19(17)20)14-7-3-2-4-8-14;1-2-8-14(9-3-1)19-17-12-6-4-10-15(17)16-11-5-7-13-18(16)19;1-4-10-16(11-5-1)19(17-12-6-2-7-13-17)18-14-8-3-9-15-18;1-14-12-8-4-2-6-10(12)11-7-3-5-9-13(11)14;1-14(12-8-4-2-5-9-12)13-10-6-3-7-11-13;;;;;;;/h2-17H,1H3;1-17H;2-13H,1H3;1-13H;1-15H;2-9H,1H3;2-11H,1H3;7*1H4. The van der Waals surface area contributed by atoms with Gasteiger partial charge in [0.05, 0.1) is 22.1 Å². The van der Waals surface area contributed by atoms with Gasteiger partial charge in [0, 0.05) is 155 Å². The molecular weight excluding hydrogens is 1740 g/mol. The molecule has 0 atom stereocenters. The second-order valence-corrected chi connectivity index (χ2v) is 34.1. The second-order valence-electron chi connectivity index (χ2n) is 34.1. The topological polar surface area (TPSA) is 31.1 Å². The molecule has 21 aromatic carbocycles. The fourth-order valence-electron chi connectivity index (χ4n) is 19.0. The summed E-state index contributed by atoms with van der Waals surface area (Å²) in [5.74, 6) is 0. The van der Waals surface area contributed by atoms with Crippen molar-refractivity contribution in [2.75, 3.05) is 16.8 Å². The second kappa shape index (κ2) is 48.7. The first-order valence-electron chi connectivity index (χ1n) is 46.8. The summed E-state index contributed by atoms with van der Waals surface area (Å²) in [6, 6.07) is 194. The first-order chi connectivity index (χ1) is 67.7. The maximum atomic E-state index is 2.35. The summed E-state index contributed by atoms with van der Waals surface area (Å²) in [6.07, 6.45) is 0. The Balaban J connectivity index is 0.000000141. The third-order valence-electron chi connectivity index (χ3n) is 25.8. The van der Waals surface area contributed by atoms with E-state index in [9.17, 15) is 0 Å². The van der Waals surface area contributed by atoms with Crippen molar-refractivity contribution in [3.8, 4) is 55.9 Å². The van der Waals surface area contributed by atoms with Crippen molar-refractivity contribution < 1.29 is 0 Å². The molecule has 26 rings (SSSR count). The zero-order chi connectivity index (χ0) is 92.6. The van der Waals surface area contributed by atoms with Gasteiger partial charge in [0.15, 0.2) is 0 Å². The van der Waals surface area contributed by atoms with Gasteiger partial charge in [-0.05, 0) is 214 Å². The molecule has 7 heteroatoms. The van der Waals surface area contributed by atoms with Crippen LogP contribution in [0.15, 0.2) is 552 Å². The third-order valence-corrected chi connectivity index (χ3v) is 25.8. The highest BCUT2D eigenvalue weighted by molar-refractivity contribution is 6.14. The Bertz CT molecular complexity index is 8180. The molecule has 0 amide bonds. The number of hydrogen-bond donors (Lipinski definition) is 0. The quantitative estimate of drug-likeness (QED) is 0.129. The van der Waals surface area contributed by atoms with Crippen LogP contribution in [-0.2, 0) is 21.1 Å². The summed E-state index contributed by atoms with van der Waals surface area (Å²) in [7, 11) is 8.47. The Morgan fingerprint density at radius 3 is 0.556 bits per heavy atom. The fraction of sp³-hybridized carbons (Fsp3) is 0.0803. The molecule has 0 unspecified atom stereocenters. The summed E-state index contributed by atoms with van der Waals surface area (Å²) < 4.78 is 11.5. The van der Waals surface area contributed by atoms with Crippen LogP contribution in [0.4, 0.5) is 28.4 Å². The van der Waals surface area contributed by atoms with Crippen LogP contribution in [0.25, 0.3) is 165 Å². The molecule has 714 valence electrons. The van der Waals surface area contributed by atoms with Gasteiger partial charge in [0.1, 0.15) is 0 Å². The van der Waals surface area contributed by atoms with Crippen LogP contribution in [0.5, 0.6) is 0 Å². The lowest BCUT2D eigenvalue weighted by Crippen LogP contribution is -2.09. The van der Waals surface area contributed by atoms with E-state index in [2.05, 4.69) is 583 Å². The van der Waals surface area contributed by atoms with Gasteiger partial charge in [-0.25, -0.2) is 0 Å². The predicted molar refractivity (Wildman–Crippen MR) is 634 cm³/mol. The van der Waals surface area contributed by atoms with E-state index in [0.717, 1.165) is 0 Å². The van der Waals surface area contributed by atoms with Crippen molar-refractivity contribution >= 4 is 137 Å². The number of para-hydroxylation sites is 13. The molecule has 0 fully saturated rings. The van der Waals surface area contributed by atoms with Gasteiger partial charge in [-0.1, -0.05) is 434 Å². The van der Waals surface area contributed by atoms with Gasteiger partial charge in [0.25, 0.3) is 0 Å². The summed E-state index contributed by atoms with van der Waals surface area (Å²) in [4.78, 5) is 4.42. The number of rotatable bonds is 11. The van der Waals surface area contributed by atoms with Gasteiger partial charge in [-0.15, -0.1) is 0 Å². The highest BCUT2D eigenvalue weighted by Gasteiger charge is 2.18. The highest BCUT2D eigenvalue weighted by Crippen LogP contribution is 2.41. The lowest BCUT2D eigenvalue weighted by atomic mass is 10.0. The van der Waals surface area contributed by atoms with E-state index in [1.54, 1.807) is 0 Å². The molecule has 0 saturated heterocycles. The smallest absolute Gasteiger partial charge is 0.0541 e. The highest BCUT2D eigenvalue weighted by atomic mass is 15.1. The number of aryl methyl sites for hydroxylation is 3. The molecule has 26 aromatic rings. The lowest BCUT2D eigenvalue weighted by molar-refractivity contribution is 1.01. The molecule has 0 N–H and O–H groups in total. The van der Waals surface area contributed by atoms with Crippen LogP contribution in [-0.4, -0.2) is 29.9 Å². The van der Waals surface area contributed by atoms with E-state index in [0.29, 0.717) is 0 Å². The summed E-state index contributed by atoms with van der Waals surface area (Å²) >= 11 is 0. The first kappa shape index (κ1) is 104. The largest absolute Gasteiger partial charge is 0.345 e. The predicted octanol–water partition coefficient (Wildman–Crippen LogP) is 39.3. The minimum absolute atomic E-state index is 0. The molecule has 0 bridgehead atoms. The van der Waals surface area contributed by atoms with Crippen LogP contribution >= 0.6 is 0 Å². The van der Waals surface area contributed by atoms with Gasteiger partial charge in [-0.3, -0.25) is 0 Å². The molecule has 5 heterocycles. The number of aromatic nitrogens is 5. The van der Waals surface area contributed by atoms with Crippen LogP contribution in [0.2, 0.25) is 0 Å². The zero-order valence-corrected chi connectivity index (χ0v) is 77.2. The minimum atomic E-state index is 0. The molecule has 0 radical (unpaired) electrons. The van der Waals surface area contributed by atoms with E-state index in [-0.39, 0.29) is 52.0 Å². The van der Waals surface area contributed by atoms with E-state index < -0.39 is 0 Å². The number of anilines is 5. The van der Waals surface area contributed by atoms with E-state index >= 15 is 0 Å². The summed E-state index contributed by atoms with van der Waals surface area (Å²) in [5, 5.41) is 13.1. The van der Waals surface area contributed by atoms with E-state index in [1.807, 2.05) is 30.3 Å². The minimum Gasteiger partial charge on any atom is -0.345 e. The maximum absolute atomic E-state index is 2.35. The van der Waals surface area contributed by atoms with Crippen molar-refractivity contribution in [2.24, 2.45) is 21.1 Å². The Labute approximate surface area is 852 Å². The van der Waals surface area contributed by atoms with Gasteiger partial charge in [-0.2, -0.15) is 0 Å². The molecule has 5 aromatic heterocycles. The van der Waals surface area contributed by atoms with Crippen molar-refractivity contribution in [3.63, 3.8) is 0 Å². The fourth-order valence-corrected chi connectivity index (χ4v) is 19.0. The van der Waals surface area contributed by atoms with Crippen molar-refractivity contribution in [2.45, 2.75) is 52.0 Å². The molecular formula is C137H131N7. The average Bonchev–Trinajstić information content (AvgIpc) is 1.55. The number of benzene rings is 21. The molecule has 0 saturated carbocycles. The summed E-state index contributed by atoms with van der Waals surface area (Å²) in [6.45, 7) is 0. The Morgan fingerprint density at radius 2 is 0.299 bits per heavy atom. The number of fused-ring (bicyclic) bond motifs is 15. The van der Waals surface area contributed by atoms with Crippen LogP contribution in [0, 0.1) is 0 Å².